The van der Waals surface area contributed by atoms with Crippen LogP contribution in [-0.4, -0.2) is 54.5 Å². The number of carbonyl (C=O) groups excluding carboxylic acids is 1. The van der Waals surface area contributed by atoms with Crippen molar-refractivity contribution in [2.75, 3.05) is 26.3 Å². The molecule has 36 heavy (non-hydrogen) atoms. The average molecular weight is 502 g/mol. The van der Waals surface area contributed by atoms with Crippen LogP contribution in [0.15, 0.2) is 48.5 Å². The summed E-state index contributed by atoms with van der Waals surface area (Å²) < 4.78 is 29.8. The van der Waals surface area contributed by atoms with E-state index in [-0.39, 0.29) is 18.8 Å². The number of halogens is 1. The second kappa shape index (κ2) is 14.4. The molecule has 1 fully saturated rings. The van der Waals surface area contributed by atoms with E-state index >= 15 is 0 Å². The number of carboxylic acids is 1. The lowest BCUT2D eigenvalue weighted by Crippen LogP contribution is -2.39. The van der Waals surface area contributed by atoms with E-state index in [9.17, 15) is 19.1 Å². The Hall–Kier alpha value is -3.13. The predicted octanol–water partition coefficient (Wildman–Crippen LogP) is 5.46. The molecule has 1 aliphatic rings. The van der Waals surface area contributed by atoms with E-state index < -0.39 is 18.2 Å². The first kappa shape index (κ1) is 27.5. The van der Waals surface area contributed by atoms with Gasteiger partial charge in [0.15, 0.2) is 6.10 Å². The van der Waals surface area contributed by atoms with Crippen LogP contribution in [0, 0.1) is 11.7 Å². The summed E-state index contributed by atoms with van der Waals surface area (Å²) in [7, 11) is 0. The predicted molar refractivity (Wildman–Crippen MR) is 133 cm³/mol. The monoisotopic (exact) mass is 501 g/mol. The lowest BCUT2D eigenvalue weighted by atomic mass is 9.89. The molecule has 196 valence electrons. The van der Waals surface area contributed by atoms with Gasteiger partial charge in [-0.25, -0.2) is 14.0 Å². The summed E-state index contributed by atoms with van der Waals surface area (Å²) >= 11 is 0. The third-order valence-corrected chi connectivity index (χ3v) is 6.35. The molecular weight excluding hydrogens is 465 g/mol. The first-order valence-electron chi connectivity index (χ1n) is 12.7. The zero-order chi connectivity index (χ0) is 25.8. The van der Waals surface area contributed by atoms with E-state index in [0.717, 1.165) is 24.0 Å². The summed E-state index contributed by atoms with van der Waals surface area (Å²) in [5.41, 5.74) is 1.57. The van der Waals surface area contributed by atoms with Gasteiger partial charge < -0.3 is 24.2 Å². The molecule has 1 saturated carbocycles. The van der Waals surface area contributed by atoms with Gasteiger partial charge in [-0.15, -0.1) is 0 Å². The van der Waals surface area contributed by atoms with Gasteiger partial charge in [-0.05, 0) is 61.1 Å². The van der Waals surface area contributed by atoms with Gasteiger partial charge in [0.05, 0.1) is 6.54 Å². The zero-order valence-corrected chi connectivity index (χ0v) is 20.9. The number of rotatable bonds is 13. The molecule has 1 unspecified atom stereocenters. The van der Waals surface area contributed by atoms with Gasteiger partial charge in [0.25, 0.3) is 0 Å². The molecule has 0 aromatic heterocycles. The van der Waals surface area contributed by atoms with Gasteiger partial charge in [0.2, 0.25) is 0 Å². The fourth-order valence-corrected chi connectivity index (χ4v) is 4.38. The molecule has 3 rings (SSSR count). The number of ether oxygens (including phenoxy) is 3. The van der Waals surface area contributed by atoms with Crippen molar-refractivity contribution in [1.29, 1.82) is 0 Å². The molecule has 0 heterocycles. The fourth-order valence-electron chi connectivity index (χ4n) is 4.38. The maximum absolute atomic E-state index is 13.1. The maximum Gasteiger partial charge on any atom is 0.410 e. The second-order valence-electron chi connectivity index (χ2n) is 9.11. The number of hydrogen-bond donors (Lipinski definition) is 1. The Morgan fingerprint density at radius 2 is 1.69 bits per heavy atom. The largest absolute Gasteiger partial charge is 0.492 e. The van der Waals surface area contributed by atoms with Crippen molar-refractivity contribution in [3.05, 3.63) is 65.5 Å². The number of carboxylic acid groups (broad SMARTS) is 1. The summed E-state index contributed by atoms with van der Waals surface area (Å²) in [6.07, 6.45) is 4.79. The lowest BCUT2D eigenvalue weighted by Gasteiger charge is -2.29. The fraction of sp³-hybridized carbons (Fsp3) is 0.500. The molecule has 1 amide bonds. The molecule has 1 N–H and O–H groups in total. The van der Waals surface area contributed by atoms with Crippen molar-refractivity contribution in [3.63, 3.8) is 0 Å². The molecule has 0 aliphatic heterocycles. The van der Waals surface area contributed by atoms with Crippen molar-refractivity contribution in [3.8, 4) is 5.75 Å². The number of carbonyl (C=O) groups is 2. The normalized spacial score (nSPS) is 14.7. The number of hydrogen-bond acceptors (Lipinski definition) is 5. The summed E-state index contributed by atoms with van der Waals surface area (Å²) in [5, 5.41) is 9.26. The Balaban J connectivity index is 1.52. The first-order valence-corrected chi connectivity index (χ1v) is 12.7. The highest BCUT2D eigenvalue weighted by atomic mass is 19.1. The van der Waals surface area contributed by atoms with Crippen LogP contribution < -0.4 is 4.74 Å². The average Bonchev–Trinajstić information content (AvgIpc) is 2.89. The Morgan fingerprint density at radius 1 is 1.03 bits per heavy atom. The number of nitrogens with zero attached hydrogens (tertiary/aromatic N) is 1. The van der Waals surface area contributed by atoms with Crippen LogP contribution in [0.5, 0.6) is 5.75 Å². The second-order valence-corrected chi connectivity index (χ2v) is 9.11. The highest BCUT2D eigenvalue weighted by Gasteiger charge is 2.22. The van der Waals surface area contributed by atoms with E-state index in [1.165, 1.54) is 31.4 Å². The van der Waals surface area contributed by atoms with E-state index in [4.69, 9.17) is 14.2 Å². The van der Waals surface area contributed by atoms with Crippen LogP contribution >= 0.6 is 0 Å². The highest BCUT2D eigenvalue weighted by molar-refractivity contribution is 5.72. The minimum Gasteiger partial charge on any atom is -0.492 e. The minimum absolute atomic E-state index is 0.0850. The van der Waals surface area contributed by atoms with Crippen LogP contribution in [0.25, 0.3) is 0 Å². The molecule has 2 aromatic rings. The number of amides is 1. The summed E-state index contributed by atoms with van der Waals surface area (Å²) in [6, 6.07) is 13.1. The zero-order valence-electron chi connectivity index (χ0n) is 20.9. The van der Waals surface area contributed by atoms with E-state index in [0.29, 0.717) is 38.0 Å². The quantitative estimate of drug-likeness (QED) is 0.393. The molecule has 0 spiro atoms. The van der Waals surface area contributed by atoms with Gasteiger partial charge >= 0.3 is 12.1 Å². The summed E-state index contributed by atoms with van der Waals surface area (Å²) in [4.78, 5) is 25.9. The van der Waals surface area contributed by atoms with E-state index in [1.54, 1.807) is 36.1 Å². The van der Waals surface area contributed by atoms with Crippen molar-refractivity contribution < 1.29 is 33.3 Å². The Labute approximate surface area is 212 Å². The van der Waals surface area contributed by atoms with E-state index in [1.807, 2.05) is 12.1 Å². The minimum atomic E-state index is -0.985. The van der Waals surface area contributed by atoms with Gasteiger partial charge in [-0.2, -0.15) is 0 Å². The third kappa shape index (κ3) is 9.15. The Kier molecular flexibility index (Phi) is 11.0. The van der Waals surface area contributed by atoms with Gasteiger partial charge in [0, 0.05) is 19.6 Å². The molecule has 1 aliphatic carbocycles. The van der Waals surface area contributed by atoms with Crippen LogP contribution in [0.1, 0.15) is 50.2 Å². The standard InChI is InChI=1S/C28H36FNO6/c1-2-34-26(27(31)32)18-21-10-14-25(15-11-21)35-17-16-30(19-22-6-4-3-5-7-22)28(33)36-20-23-8-12-24(29)13-9-23/h8-15,22,26H,2-7,16-20H2,1H3,(H,31,32). The topological polar surface area (TPSA) is 85.3 Å². The molecular formula is C28H36FNO6. The first-order chi connectivity index (χ1) is 17.4. The maximum atomic E-state index is 13.1. The Morgan fingerprint density at radius 3 is 2.33 bits per heavy atom. The molecule has 2 aromatic carbocycles. The molecule has 1 atom stereocenters. The van der Waals surface area contributed by atoms with Gasteiger partial charge in [-0.3, -0.25) is 0 Å². The van der Waals surface area contributed by atoms with Crippen LogP contribution in [0.4, 0.5) is 9.18 Å². The molecule has 0 saturated heterocycles. The highest BCUT2D eigenvalue weighted by Crippen LogP contribution is 2.25. The third-order valence-electron chi connectivity index (χ3n) is 6.35. The molecule has 7 nitrogen and oxygen atoms in total. The van der Waals surface area contributed by atoms with Gasteiger partial charge in [0.1, 0.15) is 24.8 Å². The summed E-state index contributed by atoms with van der Waals surface area (Å²) in [5.74, 6) is -0.227. The number of aliphatic carboxylic acids is 1. The van der Waals surface area contributed by atoms with E-state index in [2.05, 4.69) is 0 Å². The van der Waals surface area contributed by atoms with Crippen LogP contribution in [0.3, 0.4) is 0 Å². The van der Waals surface area contributed by atoms with Crippen LogP contribution in [0.2, 0.25) is 0 Å². The molecule has 8 heteroatoms. The van der Waals surface area contributed by atoms with Crippen molar-refractivity contribution >= 4 is 12.1 Å². The lowest BCUT2D eigenvalue weighted by molar-refractivity contribution is -0.149. The molecule has 0 radical (unpaired) electrons. The van der Waals surface area contributed by atoms with Crippen molar-refractivity contribution in [1.82, 2.24) is 4.90 Å². The smallest absolute Gasteiger partial charge is 0.410 e. The number of benzene rings is 2. The van der Waals surface area contributed by atoms with Crippen molar-refractivity contribution in [2.45, 2.75) is 58.2 Å². The SMILES string of the molecule is CCOC(Cc1ccc(OCCN(CC2CCCCC2)C(=O)OCc2ccc(F)cc2)cc1)C(=O)O. The Bertz CT molecular complexity index is 944. The van der Waals surface area contributed by atoms with Crippen molar-refractivity contribution in [2.24, 2.45) is 5.92 Å². The van der Waals surface area contributed by atoms with Gasteiger partial charge in [-0.1, -0.05) is 43.5 Å². The molecule has 0 bridgehead atoms. The summed E-state index contributed by atoms with van der Waals surface area (Å²) in [6.45, 7) is 3.49. The van der Waals surface area contributed by atoms with Crippen LogP contribution in [-0.2, 0) is 27.3 Å².